The first kappa shape index (κ1) is 14.0. The van der Waals surface area contributed by atoms with E-state index < -0.39 is 7.12 Å². The second-order valence-electron chi connectivity index (χ2n) is 7.17. The van der Waals surface area contributed by atoms with Gasteiger partial charge in [0.2, 0.25) is 0 Å². The number of nitrogens with zero attached hydrogens (tertiary/aromatic N) is 1. The lowest BCUT2D eigenvalue weighted by atomic mass is 9.82. The van der Waals surface area contributed by atoms with Gasteiger partial charge in [-0.1, -0.05) is 0 Å². The molecule has 1 aliphatic heterocycles. The highest BCUT2D eigenvalue weighted by molar-refractivity contribution is 6.61. The zero-order chi connectivity index (χ0) is 14.8. The number of aromatic nitrogens is 1. The molecule has 0 aromatic carbocycles. The molecule has 3 rings (SSSR count). The van der Waals surface area contributed by atoms with Crippen molar-refractivity contribution in [2.24, 2.45) is 5.73 Å². The Bertz CT molecular complexity index is 537. The molecule has 5 heteroatoms. The van der Waals surface area contributed by atoms with Gasteiger partial charge in [0.15, 0.2) is 0 Å². The molecule has 0 atom stereocenters. The number of hydrogen-bond acceptors (Lipinski definition) is 4. The molecule has 20 heavy (non-hydrogen) atoms. The van der Waals surface area contributed by atoms with Crippen LogP contribution in [0.3, 0.4) is 0 Å². The number of hydrogen-bond donors (Lipinski definition) is 1. The molecule has 2 aliphatic rings. The number of aryl methyl sites for hydroxylation is 1. The third-order valence-corrected chi connectivity index (χ3v) is 4.94. The van der Waals surface area contributed by atoms with E-state index in [0.717, 1.165) is 24.0 Å². The number of rotatable bonds is 2. The smallest absolute Gasteiger partial charge is 0.398 e. The molecule has 2 N–H and O–H groups in total. The Hall–Kier alpha value is -0.905. The lowest BCUT2D eigenvalue weighted by Crippen LogP contribution is -2.41. The van der Waals surface area contributed by atoms with Crippen molar-refractivity contribution in [3.8, 4) is 0 Å². The van der Waals surface area contributed by atoms with E-state index in [0.29, 0.717) is 0 Å². The van der Waals surface area contributed by atoms with E-state index in [-0.39, 0.29) is 16.7 Å². The average Bonchev–Trinajstić information content (AvgIpc) is 3.02. The minimum Gasteiger partial charge on any atom is -0.398 e. The van der Waals surface area contributed by atoms with Crippen LogP contribution in [0.5, 0.6) is 0 Å². The third kappa shape index (κ3) is 2.08. The summed E-state index contributed by atoms with van der Waals surface area (Å²) in [6.07, 6.45) is 3.96. The van der Waals surface area contributed by atoms with E-state index in [9.17, 15) is 0 Å². The molecule has 0 amide bonds. The van der Waals surface area contributed by atoms with E-state index >= 15 is 0 Å². The Morgan fingerprint density at radius 2 is 1.70 bits per heavy atom. The standard InChI is InChI=1S/C15H23BN2O2/c1-10-9-18-12(8-11(10)15(17)6-7-15)16-19-13(2,3)14(4,5)20-16/h8-9H,6-7,17H2,1-5H3. The van der Waals surface area contributed by atoms with Gasteiger partial charge in [0.05, 0.1) is 16.8 Å². The molecule has 4 nitrogen and oxygen atoms in total. The fourth-order valence-electron chi connectivity index (χ4n) is 2.57. The predicted molar refractivity (Wildman–Crippen MR) is 79.8 cm³/mol. The van der Waals surface area contributed by atoms with Gasteiger partial charge in [-0.2, -0.15) is 0 Å². The molecule has 0 bridgehead atoms. The number of nitrogens with two attached hydrogens (primary N) is 1. The topological polar surface area (TPSA) is 57.4 Å². The first-order valence-electron chi connectivity index (χ1n) is 7.26. The van der Waals surface area contributed by atoms with Gasteiger partial charge in [-0.05, 0) is 64.7 Å². The van der Waals surface area contributed by atoms with Crippen LogP contribution in [0, 0.1) is 6.92 Å². The Balaban J connectivity index is 1.93. The van der Waals surface area contributed by atoms with Crippen LogP contribution in [0.4, 0.5) is 0 Å². The minimum atomic E-state index is -0.415. The summed E-state index contributed by atoms with van der Waals surface area (Å²) in [6, 6.07) is 2.06. The summed E-state index contributed by atoms with van der Waals surface area (Å²) in [6.45, 7) is 10.3. The van der Waals surface area contributed by atoms with E-state index in [1.54, 1.807) is 0 Å². The van der Waals surface area contributed by atoms with E-state index in [2.05, 4.69) is 18.0 Å². The first-order chi connectivity index (χ1) is 9.15. The highest BCUT2D eigenvalue weighted by Gasteiger charge is 2.52. The fraction of sp³-hybridized carbons (Fsp3) is 0.667. The van der Waals surface area contributed by atoms with Crippen molar-refractivity contribution in [2.75, 3.05) is 0 Å². The zero-order valence-electron chi connectivity index (χ0n) is 13.0. The van der Waals surface area contributed by atoms with Crippen LogP contribution >= 0.6 is 0 Å². The van der Waals surface area contributed by atoms with Crippen molar-refractivity contribution in [1.29, 1.82) is 0 Å². The first-order valence-corrected chi connectivity index (χ1v) is 7.26. The molecule has 0 radical (unpaired) electrons. The molecule has 1 saturated carbocycles. The maximum atomic E-state index is 6.33. The van der Waals surface area contributed by atoms with Gasteiger partial charge in [0.1, 0.15) is 0 Å². The zero-order valence-corrected chi connectivity index (χ0v) is 13.0. The largest absolute Gasteiger partial charge is 0.514 e. The quantitative estimate of drug-likeness (QED) is 0.833. The van der Waals surface area contributed by atoms with Crippen molar-refractivity contribution >= 4 is 12.7 Å². The molecule has 1 aliphatic carbocycles. The van der Waals surface area contributed by atoms with Gasteiger partial charge >= 0.3 is 7.12 Å². The highest BCUT2D eigenvalue weighted by Crippen LogP contribution is 2.43. The Labute approximate surface area is 121 Å². The maximum absolute atomic E-state index is 6.33. The summed E-state index contributed by atoms with van der Waals surface area (Å²) in [5.41, 5.74) is 8.63. The molecule has 2 heterocycles. The lowest BCUT2D eigenvalue weighted by molar-refractivity contribution is 0.00578. The van der Waals surface area contributed by atoms with Gasteiger partial charge in [-0.15, -0.1) is 0 Å². The lowest BCUT2D eigenvalue weighted by Gasteiger charge is -2.32. The van der Waals surface area contributed by atoms with E-state index in [1.807, 2.05) is 33.9 Å². The molecule has 1 aromatic heterocycles. The SMILES string of the molecule is Cc1cnc(B2OC(C)(C)C(C)(C)O2)cc1C1(N)CC1. The van der Waals surface area contributed by atoms with Crippen LogP contribution in [0.2, 0.25) is 0 Å². The van der Waals surface area contributed by atoms with Crippen molar-refractivity contribution in [3.63, 3.8) is 0 Å². The summed E-state index contributed by atoms with van der Waals surface area (Å²) in [4.78, 5) is 4.49. The molecule has 0 unspecified atom stereocenters. The average molecular weight is 274 g/mol. The van der Waals surface area contributed by atoms with Gasteiger partial charge < -0.3 is 15.0 Å². The summed E-state index contributed by atoms with van der Waals surface area (Å²) < 4.78 is 12.1. The Morgan fingerprint density at radius 1 is 1.15 bits per heavy atom. The predicted octanol–water partition coefficient (Wildman–Crippen LogP) is 1.64. The molecular weight excluding hydrogens is 251 g/mol. The molecule has 2 fully saturated rings. The molecule has 1 saturated heterocycles. The van der Waals surface area contributed by atoms with E-state index in [1.165, 1.54) is 5.56 Å². The summed E-state index contributed by atoms with van der Waals surface area (Å²) in [5, 5.41) is 0. The molecule has 0 spiro atoms. The Kier molecular flexibility index (Phi) is 2.85. The van der Waals surface area contributed by atoms with Crippen molar-refractivity contribution in [3.05, 3.63) is 23.4 Å². The monoisotopic (exact) mass is 274 g/mol. The molecule has 108 valence electrons. The van der Waals surface area contributed by atoms with Gasteiger partial charge in [-0.3, -0.25) is 4.98 Å². The molecule has 1 aromatic rings. The van der Waals surface area contributed by atoms with Crippen LogP contribution in [-0.4, -0.2) is 23.3 Å². The fourth-order valence-corrected chi connectivity index (χ4v) is 2.57. The van der Waals surface area contributed by atoms with Crippen molar-refractivity contribution < 1.29 is 9.31 Å². The van der Waals surface area contributed by atoms with Gasteiger partial charge in [0, 0.05) is 11.7 Å². The van der Waals surface area contributed by atoms with Gasteiger partial charge in [0.25, 0.3) is 0 Å². The second kappa shape index (κ2) is 4.06. The van der Waals surface area contributed by atoms with Crippen LogP contribution < -0.4 is 11.3 Å². The van der Waals surface area contributed by atoms with Crippen LogP contribution in [0.25, 0.3) is 0 Å². The third-order valence-electron chi connectivity index (χ3n) is 4.94. The summed E-state index contributed by atoms with van der Waals surface area (Å²) >= 11 is 0. The van der Waals surface area contributed by atoms with Gasteiger partial charge in [-0.25, -0.2) is 0 Å². The number of pyridine rings is 1. The van der Waals surface area contributed by atoms with Crippen LogP contribution in [0.15, 0.2) is 12.3 Å². The molecular formula is C15H23BN2O2. The second-order valence-corrected chi connectivity index (χ2v) is 7.17. The maximum Gasteiger partial charge on any atom is 0.514 e. The summed E-state index contributed by atoms with van der Waals surface area (Å²) in [7, 11) is -0.415. The van der Waals surface area contributed by atoms with E-state index in [4.69, 9.17) is 15.0 Å². The van der Waals surface area contributed by atoms with Crippen LogP contribution in [-0.2, 0) is 14.8 Å². The minimum absolute atomic E-state index is 0.161. The normalized spacial score (nSPS) is 25.8. The van der Waals surface area contributed by atoms with Crippen molar-refractivity contribution in [1.82, 2.24) is 4.98 Å². The van der Waals surface area contributed by atoms with Crippen molar-refractivity contribution in [2.45, 2.75) is 64.2 Å². The Morgan fingerprint density at radius 3 is 2.20 bits per heavy atom. The highest BCUT2D eigenvalue weighted by atomic mass is 16.7. The summed E-state index contributed by atoms with van der Waals surface area (Å²) in [5.74, 6) is 0. The van der Waals surface area contributed by atoms with Crippen LogP contribution in [0.1, 0.15) is 51.7 Å².